The Balaban J connectivity index is 1.30. The van der Waals surface area contributed by atoms with Crippen molar-refractivity contribution in [2.75, 3.05) is 19.6 Å². The predicted molar refractivity (Wildman–Crippen MR) is 119 cm³/mol. The molecule has 150 valence electrons. The number of nitrogens with zero attached hydrogens (tertiary/aromatic N) is 1. The summed E-state index contributed by atoms with van der Waals surface area (Å²) < 4.78 is 0. The third-order valence-electron chi connectivity index (χ3n) is 6.17. The lowest BCUT2D eigenvalue weighted by atomic mass is 9.88. The number of ketones is 1. The number of aromatic amines is 1. The van der Waals surface area contributed by atoms with E-state index in [9.17, 15) is 4.79 Å². The number of aryl methyl sites for hydroxylation is 2. The van der Waals surface area contributed by atoms with E-state index in [1.807, 2.05) is 37.3 Å². The second-order valence-electron chi connectivity index (χ2n) is 8.30. The first-order valence-electron chi connectivity index (χ1n) is 10.7. The third-order valence-corrected chi connectivity index (χ3v) is 6.17. The van der Waals surface area contributed by atoms with Gasteiger partial charge in [0.15, 0.2) is 5.78 Å². The standard InChI is InChI=1S/C26H30N2O/c1-19-7-6-10-24(17-19)26(29)22-11-14-28(15-12-22)16-13-23-18-25(27-20(23)2)21-8-4-3-5-9-21/h3-10,17-18,22,27H,11-16H2,1-2H3. The zero-order valence-corrected chi connectivity index (χ0v) is 17.4. The molecule has 1 aliphatic heterocycles. The van der Waals surface area contributed by atoms with Gasteiger partial charge in [0.05, 0.1) is 0 Å². The number of benzene rings is 2. The van der Waals surface area contributed by atoms with Gasteiger partial charge in [-0.15, -0.1) is 0 Å². The first-order chi connectivity index (χ1) is 14.1. The van der Waals surface area contributed by atoms with Crippen LogP contribution >= 0.6 is 0 Å². The summed E-state index contributed by atoms with van der Waals surface area (Å²) in [5.74, 6) is 0.494. The first kappa shape index (κ1) is 19.7. The number of aromatic nitrogens is 1. The van der Waals surface area contributed by atoms with Crippen molar-refractivity contribution in [3.63, 3.8) is 0 Å². The molecule has 2 aromatic carbocycles. The number of nitrogens with one attached hydrogen (secondary N) is 1. The van der Waals surface area contributed by atoms with Gasteiger partial charge in [-0.2, -0.15) is 0 Å². The molecular formula is C26H30N2O. The molecule has 1 fully saturated rings. The van der Waals surface area contributed by atoms with Crippen molar-refractivity contribution in [3.8, 4) is 11.3 Å². The second-order valence-corrected chi connectivity index (χ2v) is 8.30. The Hall–Kier alpha value is -2.65. The summed E-state index contributed by atoms with van der Waals surface area (Å²) in [6, 6.07) is 20.8. The largest absolute Gasteiger partial charge is 0.358 e. The minimum absolute atomic E-state index is 0.173. The molecule has 3 aromatic rings. The number of H-pyrrole nitrogens is 1. The van der Waals surface area contributed by atoms with E-state index in [1.165, 1.54) is 22.5 Å². The quantitative estimate of drug-likeness (QED) is 0.573. The van der Waals surface area contributed by atoms with Crippen LogP contribution in [0.4, 0.5) is 0 Å². The number of carbonyl (C=O) groups is 1. The monoisotopic (exact) mass is 386 g/mol. The molecule has 0 bridgehead atoms. The van der Waals surface area contributed by atoms with Crippen molar-refractivity contribution in [1.29, 1.82) is 0 Å². The molecule has 1 aliphatic rings. The first-order valence-corrected chi connectivity index (χ1v) is 10.7. The van der Waals surface area contributed by atoms with Crippen molar-refractivity contribution in [2.24, 2.45) is 5.92 Å². The number of hydrogen-bond donors (Lipinski definition) is 1. The summed E-state index contributed by atoms with van der Waals surface area (Å²) in [5, 5.41) is 0. The highest BCUT2D eigenvalue weighted by Crippen LogP contribution is 2.24. The maximum atomic E-state index is 12.8. The molecule has 0 unspecified atom stereocenters. The Morgan fingerprint density at radius 2 is 1.76 bits per heavy atom. The summed E-state index contributed by atoms with van der Waals surface area (Å²) in [5.41, 5.74) is 7.11. The van der Waals surface area contributed by atoms with Crippen LogP contribution in [0.1, 0.15) is 40.0 Å². The lowest BCUT2D eigenvalue weighted by Gasteiger charge is -2.31. The maximum absolute atomic E-state index is 12.8. The van der Waals surface area contributed by atoms with Crippen molar-refractivity contribution in [2.45, 2.75) is 33.1 Å². The Bertz CT molecular complexity index is 965. The van der Waals surface area contributed by atoms with Gasteiger partial charge in [-0.05, 0) is 69.5 Å². The number of Topliss-reactive ketones (excluding diaryl/α,β-unsaturated/α-hetero) is 1. The number of piperidine rings is 1. The SMILES string of the molecule is Cc1cccc(C(=O)C2CCN(CCc3cc(-c4ccccc4)[nH]c3C)CC2)c1. The van der Waals surface area contributed by atoms with E-state index in [0.29, 0.717) is 5.78 Å². The highest BCUT2D eigenvalue weighted by Gasteiger charge is 2.25. The minimum atomic E-state index is 0.173. The zero-order chi connectivity index (χ0) is 20.2. The number of rotatable bonds is 6. The molecule has 2 heterocycles. The van der Waals surface area contributed by atoms with Crippen LogP contribution < -0.4 is 0 Å². The lowest BCUT2D eigenvalue weighted by Crippen LogP contribution is -2.37. The molecular weight excluding hydrogens is 356 g/mol. The van der Waals surface area contributed by atoms with E-state index >= 15 is 0 Å². The van der Waals surface area contributed by atoms with Gasteiger partial charge in [0.25, 0.3) is 0 Å². The summed E-state index contributed by atoms with van der Waals surface area (Å²) in [6.07, 6.45) is 2.98. The van der Waals surface area contributed by atoms with E-state index in [0.717, 1.165) is 50.0 Å². The van der Waals surface area contributed by atoms with Crippen LogP contribution in [0.15, 0.2) is 60.7 Å². The van der Waals surface area contributed by atoms with E-state index in [2.05, 4.69) is 47.1 Å². The molecule has 1 saturated heterocycles. The van der Waals surface area contributed by atoms with Crippen LogP contribution in [0.3, 0.4) is 0 Å². The van der Waals surface area contributed by atoms with Crippen LogP contribution in [-0.4, -0.2) is 35.3 Å². The number of carbonyl (C=O) groups excluding carboxylic acids is 1. The van der Waals surface area contributed by atoms with Crippen molar-refractivity contribution in [1.82, 2.24) is 9.88 Å². The molecule has 0 saturated carbocycles. The van der Waals surface area contributed by atoms with Gasteiger partial charge < -0.3 is 9.88 Å². The number of likely N-dealkylation sites (tertiary alicyclic amines) is 1. The average molecular weight is 387 g/mol. The molecule has 0 aliphatic carbocycles. The number of hydrogen-bond acceptors (Lipinski definition) is 2. The van der Waals surface area contributed by atoms with Gasteiger partial charge in [0.1, 0.15) is 0 Å². The highest BCUT2D eigenvalue weighted by atomic mass is 16.1. The van der Waals surface area contributed by atoms with Crippen LogP contribution in [0, 0.1) is 19.8 Å². The summed E-state index contributed by atoms with van der Waals surface area (Å²) >= 11 is 0. The average Bonchev–Trinajstić information content (AvgIpc) is 3.13. The molecule has 0 radical (unpaired) electrons. The maximum Gasteiger partial charge on any atom is 0.166 e. The van der Waals surface area contributed by atoms with Gasteiger partial charge in [-0.3, -0.25) is 4.79 Å². The lowest BCUT2D eigenvalue weighted by molar-refractivity contribution is 0.0841. The summed E-state index contributed by atoms with van der Waals surface area (Å²) in [6.45, 7) is 7.28. The van der Waals surface area contributed by atoms with Gasteiger partial charge >= 0.3 is 0 Å². The predicted octanol–water partition coefficient (Wildman–Crippen LogP) is 5.44. The summed E-state index contributed by atoms with van der Waals surface area (Å²) in [4.78, 5) is 18.8. The summed E-state index contributed by atoms with van der Waals surface area (Å²) in [7, 11) is 0. The van der Waals surface area contributed by atoms with Gasteiger partial charge in [-0.25, -0.2) is 0 Å². The van der Waals surface area contributed by atoms with Crippen LogP contribution in [0.2, 0.25) is 0 Å². The fraction of sp³-hybridized carbons (Fsp3) is 0.346. The van der Waals surface area contributed by atoms with Gasteiger partial charge in [0.2, 0.25) is 0 Å². The Morgan fingerprint density at radius 3 is 2.48 bits per heavy atom. The van der Waals surface area contributed by atoms with Crippen LogP contribution in [0.5, 0.6) is 0 Å². The zero-order valence-electron chi connectivity index (χ0n) is 17.4. The molecule has 0 spiro atoms. The highest BCUT2D eigenvalue weighted by molar-refractivity contribution is 5.98. The van der Waals surface area contributed by atoms with Gasteiger partial charge in [0, 0.05) is 29.4 Å². The van der Waals surface area contributed by atoms with Crippen LogP contribution in [0.25, 0.3) is 11.3 Å². The van der Waals surface area contributed by atoms with Crippen molar-refractivity contribution >= 4 is 5.78 Å². The Kier molecular flexibility index (Phi) is 5.96. The third kappa shape index (κ3) is 4.68. The topological polar surface area (TPSA) is 36.1 Å². The van der Waals surface area contributed by atoms with E-state index in [-0.39, 0.29) is 5.92 Å². The van der Waals surface area contributed by atoms with E-state index in [4.69, 9.17) is 0 Å². The molecule has 4 rings (SSSR count). The normalized spacial score (nSPS) is 15.5. The molecule has 3 nitrogen and oxygen atoms in total. The second kappa shape index (κ2) is 8.79. The smallest absolute Gasteiger partial charge is 0.166 e. The van der Waals surface area contributed by atoms with Gasteiger partial charge in [-0.1, -0.05) is 54.1 Å². The van der Waals surface area contributed by atoms with Crippen LogP contribution in [-0.2, 0) is 6.42 Å². The molecule has 3 heteroatoms. The molecule has 29 heavy (non-hydrogen) atoms. The minimum Gasteiger partial charge on any atom is -0.358 e. The van der Waals surface area contributed by atoms with Crippen molar-refractivity contribution in [3.05, 3.63) is 83.0 Å². The fourth-order valence-corrected chi connectivity index (χ4v) is 4.37. The molecule has 0 atom stereocenters. The molecule has 1 N–H and O–H groups in total. The van der Waals surface area contributed by atoms with E-state index < -0.39 is 0 Å². The Morgan fingerprint density at radius 1 is 1.00 bits per heavy atom. The van der Waals surface area contributed by atoms with Crippen molar-refractivity contribution < 1.29 is 4.79 Å². The molecule has 1 aromatic heterocycles. The van der Waals surface area contributed by atoms with E-state index in [1.54, 1.807) is 0 Å². The Labute approximate surface area is 173 Å². The fourth-order valence-electron chi connectivity index (χ4n) is 4.37. The molecule has 0 amide bonds.